The fourth-order valence-electron chi connectivity index (χ4n) is 1.77. The van der Waals surface area contributed by atoms with E-state index in [0.717, 1.165) is 44.4 Å². The fraction of sp³-hybridized carbons (Fsp3) is 0.800. The van der Waals surface area contributed by atoms with Crippen molar-refractivity contribution in [1.29, 1.82) is 0 Å². The Morgan fingerprint density at radius 1 is 1.64 bits per heavy atom. The van der Waals surface area contributed by atoms with Crippen molar-refractivity contribution in [2.45, 2.75) is 32.2 Å². The van der Waals surface area contributed by atoms with Gasteiger partial charge in [-0.2, -0.15) is 0 Å². The van der Waals surface area contributed by atoms with Gasteiger partial charge in [0.05, 0.1) is 6.04 Å². The zero-order chi connectivity index (χ0) is 10.4. The SMILES string of the molecule is CC(=O)SCCCN1CCCC1C=O. The molecule has 0 N–H and O–H groups in total. The molecule has 1 unspecified atom stereocenters. The number of aldehydes is 1. The van der Waals surface area contributed by atoms with E-state index in [0.29, 0.717) is 0 Å². The van der Waals surface area contributed by atoms with E-state index < -0.39 is 0 Å². The first-order valence-corrected chi connectivity index (χ1v) is 6.05. The molecule has 0 amide bonds. The molecule has 0 bridgehead atoms. The van der Waals surface area contributed by atoms with Gasteiger partial charge in [-0.05, 0) is 32.4 Å². The molecule has 0 aromatic heterocycles. The number of carbonyl (C=O) groups excluding carboxylic acids is 2. The lowest BCUT2D eigenvalue weighted by atomic mass is 10.2. The summed E-state index contributed by atoms with van der Waals surface area (Å²) in [6.07, 6.45) is 4.17. The number of carbonyl (C=O) groups is 2. The highest BCUT2D eigenvalue weighted by Crippen LogP contribution is 2.16. The minimum Gasteiger partial charge on any atom is -0.302 e. The minimum atomic E-state index is 0.136. The Bertz CT molecular complexity index is 208. The quantitative estimate of drug-likeness (QED) is 0.512. The van der Waals surface area contributed by atoms with Gasteiger partial charge in [-0.3, -0.25) is 9.69 Å². The monoisotopic (exact) mass is 215 g/mol. The van der Waals surface area contributed by atoms with Crippen molar-refractivity contribution in [2.75, 3.05) is 18.8 Å². The van der Waals surface area contributed by atoms with Crippen molar-refractivity contribution in [3.8, 4) is 0 Å². The van der Waals surface area contributed by atoms with E-state index in [2.05, 4.69) is 4.90 Å². The number of rotatable bonds is 5. The van der Waals surface area contributed by atoms with E-state index >= 15 is 0 Å². The smallest absolute Gasteiger partial charge is 0.185 e. The number of thioether (sulfide) groups is 1. The Balaban J connectivity index is 2.11. The van der Waals surface area contributed by atoms with Gasteiger partial charge in [0, 0.05) is 12.7 Å². The maximum Gasteiger partial charge on any atom is 0.185 e. The lowest BCUT2D eigenvalue weighted by Gasteiger charge is -2.19. The number of hydrogen-bond donors (Lipinski definition) is 0. The van der Waals surface area contributed by atoms with E-state index in [1.165, 1.54) is 11.8 Å². The molecule has 4 heteroatoms. The van der Waals surface area contributed by atoms with E-state index in [1.54, 1.807) is 6.92 Å². The van der Waals surface area contributed by atoms with Gasteiger partial charge < -0.3 is 4.79 Å². The van der Waals surface area contributed by atoms with Crippen LogP contribution in [0.5, 0.6) is 0 Å². The number of hydrogen-bond acceptors (Lipinski definition) is 4. The van der Waals surface area contributed by atoms with Crippen LogP contribution >= 0.6 is 11.8 Å². The van der Waals surface area contributed by atoms with Gasteiger partial charge in [-0.25, -0.2) is 0 Å². The van der Waals surface area contributed by atoms with Gasteiger partial charge in [-0.15, -0.1) is 0 Å². The summed E-state index contributed by atoms with van der Waals surface area (Å²) in [6.45, 7) is 3.58. The van der Waals surface area contributed by atoms with Crippen LogP contribution in [0.15, 0.2) is 0 Å². The lowest BCUT2D eigenvalue weighted by Crippen LogP contribution is -2.31. The molecule has 0 spiro atoms. The number of nitrogens with zero attached hydrogens (tertiary/aromatic N) is 1. The molecular weight excluding hydrogens is 198 g/mol. The Kier molecular flexibility index (Phi) is 5.19. The second-order valence-corrected chi connectivity index (χ2v) is 4.85. The highest BCUT2D eigenvalue weighted by Gasteiger charge is 2.22. The molecule has 1 heterocycles. The summed E-state index contributed by atoms with van der Waals surface area (Å²) in [5.74, 6) is 0.872. The molecule has 1 saturated heterocycles. The second kappa shape index (κ2) is 6.19. The standard InChI is InChI=1S/C10H17NO2S/c1-9(13)14-7-3-6-11-5-2-4-10(11)8-12/h8,10H,2-7H2,1H3. The summed E-state index contributed by atoms with van der Waals surface area (Å²) in [4.78, 5) is 23.5. The van der Waals surface area contributed by atoms with Crippen LogP contribution in [0.2, 0.25) is 0 Å². The van der Waals surface area contributed by atoms with Gasteiger partial charge in [0.2, 0.25) is 0 Å². The highest BCUT2D eigenvalue weighted by atomic mass is 32.2. The lowest BCUT2D eigenvalue weighted by molar-refractivity contribution is -0.111. The summed E-state index contributed by atoms with van der Waals surface area (Å²) in [5, 5.41) is 0.179. The third kappa shape index (κ3) is 3.80. The largest absolute Gasteiger partial charge is 0.302 e. The van der Waals surface area contributed by atoms with E-state index in [9.17, 15) is 9.59 Å². The van der Waals surface area contributed by atoms with Crippen LogP contribution in [-0.4, -0.2) is 41.2 Å². The molecule has 0 aliphatic carbocycles. The van der Waals surface area contributed by atoms with E-state index in [-0.39, 0.29) is 11.2 Å². The van der Waals surface area contributed by atoms with E-state index in [4.69, 9.17) is 0 Å². The van der Waals surface area contributed by atoms with Crippen LogP contribution < -0.4 is 0 Å². The first-order valence-electron chi connectivity index (χ1n) is 5.06. The zero-order valence-electron chi connectivity index (χ0n) is 8.57. The summed E-state index contributed by atoms with van der Waals surface area (Å²) in [6, 6.07) is 0.136. The first-order chi connectivity index (χ1) is 6.74. The van der Waals surface area contributed by atoms with Gasteiger partial charge in [0.25, 0.3) is 0 Å². The maximum atomic E-state index is 10.7. The minimum absolute atomic E-state index is 0.136. The van der Waals surface area contributed by atoms with Crippen LogP contribution in [0.1, 0.15) is 26.2 Å². The Morgan fingerprint density at radius 2 is 2.43 bits per heavy atom. The van der Waals surface area contributed by atoms with Gasteiger partial charge in [-0.1, -0.05) is 11.8 Å². The average Bonchev–Trinajstić information content (AvgIpc) is 2.59. The zero-order valence-corrected chi connectivity index (χ0v) is 9.39. The van der Waals surface area contributed by atoms with Crippen LogP contribution in [0.25, 0.3) is 0 Å². The van der Waals surface area contributed by atoms with Gasteiger partial charge in [0.15, 0.2) is 5.12 Å². The second-order valence-electron chi connectivity index (χ2n) is 3.58. The first kappa shape index (κ1) is 11.7. The van der Waals surface area contributed by atoms with Crippen LogP contribution in [0.3, 0.4) is 0 Å². The van der Waals surface area contributed by atoms with Gasteiger partial charge >= 0.3 is 0 Å². The summed E-state index contributed by atoms with van der Waals surface area (Å²) < 4.78 is 0. The van der Waals surface area contributed by atoms with Crippen molar-refractivity contribution in [1.82, 2.24) is 4.90 Å². The molecule has 1 atom stereocenters. The third-order valence-electron chi connectivity index (χ3n) is 2.47. The van der Waals surface area contributed by atoms with Crippen molar-refractivity contribution in [2.24, 2.45) is 0 Å². The molecule has 1 fully saturated rings. The topological polar surface area (TPSA) is 37.4 Å². The Hall–Kier alpha value is -0.350. The summed E-state index contributed by atoms with van der Waals surface area (Å²) >= 11 is 1.37. The fourth-order valence-corrected chi connectivity index (χ4v) is 2.33. The van der Waals surface area contributed by atoms with Crippen molar-refractivity contribution in [3.05, 3.63) is 0 Å². The molecule has 1 aliphatic heterocycles. The summed E-state index contributed by atoms with van der Waals surface area (Å²) in [7, 11) is 0. The molecule has 1 rings (SSSR count). The molecule has 0 aromatic carbocycles. The normalized spacial score (nSPS) is 22.5. The highest BCUT2D eigenvalue weighted by molar-refractivity contribution is 8.13. The average molecular weight is 215 g/mol. The van der Waals surface area contributed by atoms with Crippen molar-refractivity contribution >= 4 is 23.2 Å². The Morgan fingerprint density at radius 3 is 3.07 bits per heavy atom. The van der Waals surface area contributed by atoms with Crippen molar-refractivity contribution < 1.29 is 9.59 Å². The Labute approximate surface area is 89.2 Å². The molecule has 0 aromatic rings. The van der Waals surface area contributed by atoms with Gasteiger partial charge in [0.1, 0.15) is 6.29 Å². The molecule has 1 aliphatic rings. The predicted octanol–water partition coefficient (Wildman–Crippen LogP) is 1.32. The molecule has 0 saturated carbocycles. The molecule has 3 nitrogen and oxygen atoms in total. The van der Waals surface area contributed by atoms with Crippen LogP contribution in [0, 0.1) is 0 Å². The molecule has 14 heavy (non-hydrogen) atoms. The molecule has 0 radical (unpaired) electrons. The maximum absolute atomic E-state index is 10.7. The number of likely N-dealkylation sites (tertiary alicyclic amines) is 1. The van der Waals surface area contributed by atoms with Crippen LogP contribution in [0.4, 0.5) is 0 Å². The van der Waals surface area contributed by atoms with Crippen molar-refractivity contribution in [3.63, 3.8) is 0 Å². The molecule has 80 valence electrons. The third-order valence-corrected chi connectivity index (χ3v) is 3.37. The van der Waals surface area contributed by atoms with E-state index in [1.807, 2.05) is 0 Å². The summed E-state index contributed by atoms with van der Waals surface area (Å²) in [5.41, 5.74) is 0. The molecular formula is C10H17NO2S. The predicted molar refractivity (Wildman–Crippen MR) is 58.4 cm³/mol. The van der Waals surface area contributed by atoms with Crippen LogP contribution in [-0.2, 0) is 9.59 Å².